The van der Waals surface area contributed by atoms with Gasteiger partial charge in [-0.2, -0.15) is 0 Å². The van der Waals surface area contributed by atoms with Gasteiger partial charge < -0.3 is 15.0 Å². The van der Waals surface area contributed by atoms with Crippen LogP contribution in [0.4, 0.5) is 0 Å². The lowest BCUT2D eigenvalue weighted by molar-refractivity contribution is -0.128. The average molecular weight is 313 g/mol. The molecule has 1 rings (SSSR count). The van der Waals surface area contributed by atoms with Gasteiger partial charge in [0.1, 0.15) is 5.75 Å². The van der Waals surface area contributed by atoms with Gasteiger partial charge in [-0.3, -0.25) is 4.79 Å². The molecule has 0 fully saturated rings. The van der Waals surface area contributed by atoms with Crippen molar-refractivity contribution in [1.29, 1.82) is 0 Å². The van der Waals surface area contributed by atoms with Crippen LogP contribution in [0.5, 0.6) is 5.75 Å². The molecule has 0 aliphatic carbocycles. The number of ether oxygens (including phenoxy) is 1. The minimum atomic E-state index is 0.121. The Morgan fingerprint density at radius 1 is 1.43 bits per heavy atom. The van der Waals surface area contributed by atoms with Gasteiger partial charge in [-0.25, -0.2) is 0 Å². The summed E-state index contributed by atoms with van der Waals surface area (Å²) in [7, 11) is 3.52. The summed E-state index contributed by atoms with van der Waals surface area (Å²) in [6, 6.07) is 5.81. The fourth-order valence-corrected chi connectivity index (χ4v) is 2.21. The number of carbonyl (C=O) groups is 1. The predicted molar refractivity (Wildman–Crippen MR) is 87.0 cm³/mol. The highest BCUT2D eigenvalue weighted by molar-refractivity contribution is 6.30. The van der Waals surface area contributed by atoms with Crippen LogP contribution in [-0.4, -0.2) is 38.1 Å². The minimum absolute atomic E-state index is 0.121. The van der Waals surface area contributed by atoms with Gasteiger partial charge in [0.15, 0.2) is 0 Å². The highest BCUT2D eigenvalue weighted by Crippen LogP contribution is 2.28. The number of nitrogens with zero attached hydrogens (tertiary/aromatic N) is 1. The standard InChI is InChI=1S/C16H25ClN2O2/c1-5-18-12(2)14-11-13(17)8-9-15(14)21-10-6-7-16(20)19(3)4/h8-9,11-12,18H,5-7,10H2,1-4H3. The lowest BCUT2D eigenvalue weighted by Crippen LogP contribution is -2.22. The number of hydrogen-bond donors (Lipinski definition) is 1. The maximum atomic E-state index is 11.5. The van der Waals surface area contributed by atoms with E-state index in [-0.39, 0.29) is 11.9 Å². The zero-order valence-electron chi connectivity index (χ0n) is 13.3. The molecular formula is C16H25ClN2O2. The van der Waals surface area contributed by atoms with Crippen LogP contribution < -0.4 is 10.1 Å². The van der Waals surface area contributed by atoms with E-state index in [1.165, 1.54) is 0 Å². The second-order valence-corrected chi connectivity index (χ2v) is 5.64. The van der Waals surface area contributed by atoms with Gasteiger partial charge in [0.05, 0.1) is 6.61 Å². The molecule has 0 spiro atoms. The van der Waals surface area contributed by atoms with E-state index < -0.39 is 0 Å². The maximum absolute atomic E-state index is 11.5. The fraction of sp³-hybridized carbons (Fsp3) is 0.562. The molecular weight excluding hydrogens is 288 g/mol. The van der Waals surface area contributed by atoms with E-state index in [0.717, 1.165) is 17.9 Å². The normalized spacial score (nSPS) is 12.0. The molecule has 118 valence electrons. The lowest BCUT2D eigenvalue weighted by atomic mass is 10.1. The molecule has 1 aromatic carbocycles. The maximum Gasteiger partial charge on any atom is 0.222 e. The molecule has 0 aromatic heterocycles. The third-order valence-electron chi connectivity index (χ3n) is 3.24. The van der Waals surface area contributed by atoms with E-state index >= 15 is 0 Å². The van der Waals surface area contributed by atoms with Crippen molar-refractivity contribution in [2.45, 2.75) is 32.7 Å². The summed E-state index contributed by atoms with van der Waals surface area (Å²) in [5.74, 6) is 0.945. The summed E-state index contributed by atoms with van der Waals surface area (Å²) in [4.78, 5) is 13.1. The Morgan fingerprint density at radius 2 is 2.14 bits per heavy atom. The SMILES string of the molecule is CCNC(C)c1cc(Cl)ccc1OCCCC(=O)N(C)C. The third-order valence-corrected chi connectivity index (χ3v) is 3.48. The fourth-order valence-electron chi connectivity index (χ4n) is 2.03. The van der Waals surface area contributed by atoms with Gasteiger partial charge in [0.2, 0.25) is 5.91 Å². The van der Waals surface area contributed by atoms with Gasteiger partial charge in [-0.1, -0.05) is 18.5 Å². The Labute approximate surface area is 132 Å². The van der Waals surface area contributed by atoms with E-state index in [9.17, 15) is 4.79 Å². The molecule has 0 bridgehead atoms. The van der Waals surface area contributed by atoms with E-state index in [1.54, 1.807) is 19.0 Å². The van der Waals surface area contributed by atoms with Gasteiger partial charge >= 0.3 is 0 Å². The molecule has 0 aliphatic rings. The van der Waals surface area contributed by atoms with Gasteiger partial charge in [0.25, 0.3) is 0 Å². The van der Waals surface area contributed by atoms with Crippen molar-refractivity contribution in [3.8, 4) is 5.75 Å². The van der Waals surface area contributed by atoms with Crippen molar-refractivity contribution in [2.75, 3.05) is 27.2 Å². The molecule has 1 atom stereocenters. The highest BCUT2D eigenvalue weighted by atomic mass is 35.5. The number of benzene rings is 1. The summed E-state index contributed by atoms with van der Waals surface area (Å²) in [6.07, 6.45) is 1.20. The Morgan fingerprint density at radius 3 is 2.76 bits per heavy atom. The van der Waals surface area contributed by atoms with E-state index in [0.29, 0.717) is 24.5 Å². The lowest BCUT2D eigenvalue weighted by Gasteiger charge is -2.18. The Kier molecular flexibility index (Phi) is 7.54. The largest absolute Gasteiger partial charge is 0.493 e. The zero-order chi connectivity index (χ0) is 15.8. The van der Waals surface area contributed by atoms with Crippen molar-refractivity contribution in [3.05, 3.63) is 28.8 Å². The smallest absolute Gasteiger partial charge is 0.222 e. The average Bonchev–Trinajstić information content (AvgIpc) is 2.44. The first kappa shape index (κ1) is 17.8. The van der Waals surface area contributed by atoms with Crippen molar-refractivity contribution >= 4 is 17.5 Å². The molecule has 21 heavy (non-hydrogen) atoms. The van der Waals surface area contributed by atoms with Gasteiger partial charge in [-0.05, 0) is 38.1 Å². The van der Waals surface area contributed by atoms with Crippen LogP contribution in [-0.2, 0) is 4.79 Å². The highest BCUT2D eigenvalue weighted by Gasteiger charge is 2.12. The molecule has 0 saturated carbocycles. The molecule has 0 heterocycles. The van der Waals surface area contributed by atoms with Crippen LogP contribution in [0.2, 0.25) is 5.02 Å². The first-order valence-electron chi connectivity index (χ1n) is 7.31. The van der Waals surface area contributed by atoms with Gasteiger partial charge in [-0.15, -0.1) is 0 Å². The molecule has 1 amide bonds. The van der Waals surface area contributed by atoms with Gasteiger partial charge in [0, 0.05) is 37.1 Å². The number of carbonyl (C=O) groups excluding carboxylic acids is 1. The Balaban J connectivity index is 2.60. The topological polar surface area (TPSA) is 41.6 Å². The Bertz CT molecular complexity index is 464. The third kappa shape index (κ3) is 5.94. The first-order valence-corrected chi connectivity index (χ1v) is 7.69. The van der Waals surface area contributed by atoms with E-state index in [2.05, 4.69) is 19.2 Å². The molecule has 1 aromatic rings. The molecule has 4 nitrogen and oxygen atoms in total. The quantitative estimate of drug-likeness (QED) is 0.749. The molecule has 1 unspecified atom stereocenters. The number of hydrogen-bond acceptors (Lipinski definition) is 3. The van der Waals surface area contributed by atoms with Crippen LogP contribution in [0.15, 0.2) is 18.2 Å². The number of rotatable bonds is 8. The monoisotopic (exact) mass is 312 g/mol. The van der Waals surface area contributed by atoms with Crippen LogP contribution in [0.1, 0.15) is 38.3 Å². The predicted octanol–water partition coefficient (Wildman–Crippen LogP) is 3.26. The molecule has 0 saturated heterocycles. The second kappa shape index (κ2) is 8.90. The summed E-state index contributed by atoms with van der Waals surface area (Å²) in [6.45, 7) is 5.55. The summed E-state index contributed by atoms with van der Waals surface area (Å²) >= 11 is 6.07. The number of amides is 1. The number of halogens is 1. The second-order valence-electron chi connectivity index (χ2n) is 5.20. The van der Waals surface area contributed by atoms with Crippen LogP contribution in [0.25, 0.3) is 0 Å². The molecule has 0 aliphatic heterocycles. The van der Waals surface area contributed by atoms with Crippen LogP contribution in [0.3, 0.4) is 0 Å². The van der Waals surface area contributed by atoms with Crippen LogP contribution in [0, 0.1) is 0 Å². The minimum Gasteiger partial charge on any atom is -0.493 e. The number of nitrogens with one attached hydrogen (secondary N) is 1. The summed E-state index contributed by atoms with van der Waals surface area (Å²) < 4.78 is 5.82. The van der Waals surface area contributed by atoms with E-state index in [4.69, 9.17) is 16.3 Å². The zero-order valence-corrected chi connectivity index (χ0v) is 14.0. The van der Waals surface area contributed by atoms with Crippen LogP contribution >= 0.6 is 11.6 Å². The summed E-state index contributed by atoms with van der Waals surface area (Å²) in [5, 5.41) is 4.05. The summed E-state index contributed by atoms with van der Waals surface area (Å²) in [5.41, 5.74) is 1.04. The van der Waals surface area contributed by atoms with Crippen molar-refractivity contribution in [3.63, 3.8) is 0 Å². The Hall–Kier alpha value is -1.26. The molecule has 5 heteroatoms. The molecule has 0 radical (unpaired) electrons. The van der Waals surface area contributed by atoms with Crippen molar-refractivity contribution < 1.29 is 9.53 Å². The molecule has 1 N–H and O–H groups in total. The first-order chi connectivity index (χ1) is 9.95. The van der Waals surface area contributed by atoms with Crippen molar-refractivity contribution in [1.82, 2.24) is 10.2 Å². The van der Waals surface area contributed by atoms with Crippen molar-refractivity contribution in [2.24, 2.45) is 0 Å². The van der Waals surface area contributed by atoms with E-state index in [1.807, 2.05) is 18.2 Å².